The van der Waals surface area contributed by atoms with Crippen LogP contribution in [0.3, 0.4) is 0 Å². The van der Waals surface area contributed by atoms with Crippen molar-refractivity contribution in [3.8, 4) is 17.0 Å². The second-order valence-electron chi connectivity index (χ2n) is 8.68. The molecule has 0 bridgehead atoms. The number of piperazine rings is 1. The molecule has 0 amide bonds. The molecule has 0 spiro atoms. The molecule has 2 aromatic carbocycles. The maximum Gasteiger partial charge on any atom is 0.263 e. The van der Waals surface area contributed by atoms with Gasteiger partial charge in [-0.1, -0.05) is 23.7 Å². The van der Waals surface area contributed by atoms with Gasteiger partial charge in [0.05, 0.1) is 29.2 Å². The summed E-state index contributed by atoms with van der Waals surface area (Å²) in [6.45, 7) is 7.73. The fraction of sp³-hybridized carbons (Fsp3) is 0.320. The predicted octanol–water partition coefficient (Wildman–Crippen LogP) is 4.71. The lowest BCUT2D eigenvalue weighted by Crippen LogP contribution is -2.54. The molecule has 4 rings (SSSR count). The van der Waals surface area contributed by atoms with Crippen molar-refractivity contribution in [2.24, 2.45) is 0 Å². The van der Waals surface area contributed by atoms with Crippen molar-refractivity contribution in [2.75, 3.05) is 29.8 Å². The Labute approximate surface area is 206 Å². The molecule has 2 heterocycles. The number of ether oxygens (including phenoxy) is 1. The molecule has 2 atom stereocenters. The number of halogens is 1. The molecule has 2 N–H and O–H groups in total. The summed E-state index contributed by atoms with van der Waals surface area (Å²) in [6, 6.07) is 16.4. The number of sulfonamides is 1. The van der Waals surface area contributed by atoms with E-state index in [4.69, 9.17) is 16.3 Å². The maximum absolute atomic E-state index is 13.2. The molecule has 7 nitrogen and oxygen atoms in total. The summed E-state index contributed by atoms with van der Waals surface area (Å²) in [5.74, 6) is 0.692. The molecule has 0 saturated carbocycles. The third kappa shape index (κ3) is 5.29. The summed E-state index contributed by atoms with van der Waals surface area (Å²) in [5, 5.41) is 3.63. The lowest BCUT2D eigenvalue weighted by atomic mass is 10.1. The SMILES string of the molecule is COc1ccc(NS(=O)(=O)c2ccc(-c3cccc(C)n3)cc2Cl)cc1N1CC(C)NC(C)C1. The second kappa shape index (κ2) is 9.82. The lowest BCUT2D eigenvalue weighted by molar-refractivity contribution is 0.391. The minimum atomic E-state index is -3.91. The van der Waals surface area contributed by atoms with E-state index in [0.717, 1.165) is 35.7 Å². The van der Waals surface area contributed by atoms with Crippen molar-refractivity contribution in [1.82, 2.24) is 10.3 Å². The van der Waals surface area contributed by atoms with Crippen molar-refractivity contribution in [1.29, 1.82) is 0 Å². The number of aryl methyl sites for hydroxylation is 1. The Bertz CT molecular complexity index is 1290. The highest BCUT2D eigenvalue weighted by Crippen LogP contribution is 2.34. The van der Waals surface area contributed by atoms with Crippen LogP contribution in [0.1, 0.15) is 19.5 Å². The van der Waals surface area contributed by atoms with Crippen LogP contribution < -0.4 is 19.7 Å². The Morgan fingerprint density at radius 3 is 2.47 bits per heavy atom. The van der Waals surface area contributed by atoms with Crippen molar-refractivity contribution in [3.05, 3.63) is 65.3 Å². The van der Waals surface area contributed by atoms with Gasteiger partial charge in [0, 0.05) is 36.4 Å². The minimum absolute atomic E-state index is 0.00681. The third-order valence-corrected chi connectivity index (χ3v) is 7.60. The van der Waals surface area contributed by atoms with Crippen LogP contribution in [0.4, 0.5) is 11.4 Å². The van der Waals surface area contributed by atoms with E-state index in [2.05, 4.69) is 33.8 Å². The smallest absolute Gasteiger partial charge is 0.263 e. The molecule has 0 aliphatic carbocycles. The molecule has 1 saturated heterocycles. The fourth-order valence-electron chi connectivity index (χ4n) is 4.32. The fourth-order valence-corrected chi connectivity index (χ4v) is 5.91. The molecular weight excluding hydrogens is 472 g/mol. The van der Waals surface area contributed by atoms with E-state index in [-0.39, 0.29) is 9.92 Å². The van der Waals surface area contributed by atoms with Crippen molar-refractivity contribution >= 4 is 33.0 Å². The molecule has 1 fully saturated rings. The molecule has 1 aliphatic rings. The number of pyridine rings is 1. The van der Waals surface area contributed by atoms with Crippen molar-refractivity contribution in [3.63, 3.8) is 0 Å². The van der Waals surface area contributed by atoms with Gasteiger partial charge in [0.15, 0.2) is 0 Å². The average molecular weight is 501 g/mol. The Balaban J connectivity index is 1.62. The van der Waals surface area contributed by atoms with E-state index in [1.807, 2.05) is 25.1 Å². The number of anilines is 2. The number of aromatic nitrogens is 1. The molecule has 3 aromatic rings. The zero-order valence-corrected chi connectivity index (χ0v) is 21.2. The van der Waals surface area contributed by atoms with Gasteiger partial charge in [0.25, 0.3) is 10.0 Å². The number of methoxy groups -OCH3 is 1. The van der Waals surface area contributed by atoms with Crippen LogP contribution in [-0.4, -0.2) is 45.7 Å². The molecule has 34 heavy (non-hydrogen) atoms. The van der Waals surface area contributed by atoms with Crippen molar-refractivity contribution in [2.45, 2.75) is 37.8 Å². The van der Waals surface area contributed by atoms with Gasteiger partial charge in [-0.3, -0.25) is 9.71 Å². The van der Waals surface area contributed by atoms with Crippen LogP contribution in [0.15, 0.2) is 59.5 Å². The van der Waals surface area contributed by atoms with E-state index in [1.54, 1.807) is 37.4 Å². The molecule has 9 heteroatoms. The first-order valence-electron chi connectivity index (χ1n) is 11.1. The quantitative estimate of drug-likeness (QED) is 0.510. The molecule has 180 valence electrons. The third-order valence-electron chi connectivity index (χ3n) is 5.73. The van der Waals surface area contributed by atoms with Gasteiger partial charge in [0.1, 0.15) is 10.6 Å². The van der Waals surface area contributed by atoms with Gasteiger partial charge in [-0.05, 0) is 63.2 Å². The summed E-state index contributed by atoms with van der Waals surface area (Å²) < 4.78 is 34.6. The van der Waals surface area contributed by atoms with Gasteiger partial charge in [-0.25, -0.2) is 8.42 Å². The zero-order valence-electron chi connectivity index (χ0n) is 19.7. The number of nitrogens with one attached hydrogen (secondary N) is 2. The molecule has 1 aliphatic heterocycles. The highest BCUT2D eigenvalue weighted by atomic mass is 35.5. The monoisotopic (exact) mass is 500 g/mol. The van der Waals surface area contributed by atoms with E-state index in [9.17, 15) is 8.42 Å². The average Bonchev–Trinajstić information content (AvgIpc) is 2.78. The Morgan fingerprint density at radius 2 is 1.82 bits per heavy atom. The van der Waals surface area contributed by atoms with Crippen LogP contribution in [0, 0.1) is 6.92 Å². The first-order chi connectivity index (χ1) is 16.2. The highest BCUT2D eigenvalue weighted by molar-refractivity contribution is 7.92. The lowest BCUT2D eigenvalue weighted by Gasteiger charge is -2.38. The Morgan fingerprint density at radius 1 is 1.09 bits per heavy atom. The first-order valence-corrected chi connectivity index (χ1v) is 13.0. The van der Waals surface area contributed by atoms with Crippen LogP contribution >= 0.6 is 11.6 Å². The van der Waals surface area contributed by atoms with Crippen LogP contribution in [0.25, 0.3) is 11.3 Å². The molecule has 2 unspecified atom stereocenters. The highest BCUT2D eigenvalue weighted by Gasteiger charge is 2.25. The normalized spacial score (nSPS) is 18.6. The first kappa shape index (κ1) is 24.3. The summed E-state index contributed by atoms with van der Waals surface area (Å²) in [7, 11) is -2.30. The van der Waals surface area contributed by atoms with Gasteiger partial charge in [-0.2, -0.15) is 0 Å². The van der Waals surface area contributed by atoms with Crippen LogP contribution in [-0.2, 0) is 10.0 Å². The summed E-state index contributed by atoms with van der Waals surface area (Å²) in [6.07, 6.45) is 0. The van der Waals surface area contributed by atoms with Crippen LogP contribution in [0.2, 0.25) is 5.02 Å². The van der Waals surface area contributed by atoms with E-state index < -0.39 is 10.0 Å². The molecular formula is C25H29ClN4O3S. The van der Waals surface area contributed by atoms with Gasteiger partial charge in [-0.15, -0.1) is 0 Å². The second-order valence-corrected chi connectivity index (χ2v) is 10.7. The summed E-state index contributed by atoms with van der Waals surface area (Å²) in [5.41, 5.74) is 3.64. The Hall–Kier alpha value is -2.81. The number of hydrogen-bond acceptors (Lipinski definition) is 6. The summed E-state index contributed by atoms with van der Waals surface area (Å²) in [4.78, 5) is 6.69. The number of benzene rings is 2. The van der Waals surface area contributed by atoms with Gasteiger partial charge in [0.2, 0.25) is 0 Å². The topological polar surface area (TPSA) is 83.6 Å². The molecule has 0 radical (unpaired) electrons. The largest absolute Gasteiger partial charge is 0.495 e. The number of hydrogen-bond donors (Lipinski definition) is 2. The number of nitrogens with zero attached hydrogens (tertiary/aromatic N) is 2. The zero-order chi connectivity index (χ0) is 24.5. The van der Waals surface area contributed by atoms with E-state index in [1.165, 1.54) is 6.07 Å². The van der Waals surface area contributed by atoms with Crippen molar-refractivity contribution < 1.29 is 13.2 Å². The van der Waals surface area contributed by atoms with Gasteiger partial charge >= 0.3 is 0 Å². The van der Waals surface area contributed by atoms with E-state index in [0.29, 0.717) is 23.5 Å². The summed E-state index contributed by atoms with van der Waals surface area (Å²) >= 11 is 6.42. The minimum Gasteiger partial charge on any atom is -0.495 e. The number of rotatable bonds is 6. The predicted molar refractivity (Wildman–Crippen MR) is 137 cm³/mol. The Kier molecular flexibility index (Phi) is 7.02. The van der Waals surface area contributed by atoms with Gasteiger partial charge < -0.3 is 15.0 Å². The van der Waals surface area contributed by atoms with E-state index >= 15 is 0 Å². The maximum atomic E-state index is 13.2. The standard InChI is InChI=1S/C25H29ClN4O3S/c1-16-6-5-7-22(28-16)19-8-11-25(21(26)12-19)34(31,32)29-20-9-10-24(33-4)23(13-20)30-14-17(2)27-18(3)15-30/h5-13,17-18,27,29H,14-15H2,1-4H3. The molecule has 1 aromatic heterocycles. The van der Waals surface area contributed by atoms with Crippen LogP contribution in [0.5, 0.6) is 5.75 Å².